The van der Waals surface area contributed by atoms with Crippen LogP contribution >= 0.6 is 125 Å². The van der Waals surface area contributed by atoms with Crippen molar-refractivity contribution in [3.05, 3.63) is 496 Å². The first-order chi connectivity index (χ1) is 69.2. The molecule has 4 nitrogen and oxygen atoms in total. The van der Waals surface area contributed by atoms with Gasteiger partial charge in [-0.2, -0.15) is 0 Å². The van der Waals surface area contributed by atoms with Crippen molar-refractivity contribution >= 4 is 194 Å². The van der Waals surface area contributed by atoms with E-state index in [0.29, 0.717) is 58.4 Å². The van der Waals surface area contributed by atoms with Crippen molar-refractivity contribution in [2.24, 2.45) is 0 Å². The van der Waals surface area contributed by atoms with Crippen LogP contribution in [0.5, 0.6) is 0 Å². The van der Waals surface area contributed by atoms with Gasteiger partial charge >= 0.3 is 713 Å². The molecule has 0 bridgehead atoms. The second-order valence-corrected chi connectivity index (χ2v) is 73.4. The molecule has 5 unspecified atom stereocenters. The number of terminal acetylenes is 2. The number of thiophene rings is 4. The van der Waals surface area contributed by atoms with Crippen LogP contribution < -0.4 is 31.8 Å². The predicted octanol–water partition coefficient (Wildman–Crippen LogP) is 30.6. The molecule has 143 heavy (non-hydrogen) atoms. The molecule has 5 atom stereocenters. The van der Waals surface area contributed by atoms with Crippen molar-refractivity contribution in [1.82, 2.24) is 0 Å². The van der Waals surface area contributed by atoms with E-state index in [4.69, 9.17) is 45.0 Å². The van der Waals surface area contributed by atoms with Crippen LogP contribution in [0.1, 0.15) is 76.9 Å². The third-order valence-corrected chi connectivity index (χ3v) is 77.5. The molecule has 12 aromatic rings. The van der Waals surface area contributed by atoms with Gasteiger partial charge in [0, 0.05) is 19.5 Å². The first-order valence-electron chi connectivity index (χ1n) is 44.6. The molecule has 0 N–H and O–H groups in total. The average Bonchev–Trinajstić information content (AvgIpc) is 1.44. The second kappa shape index (κ2) is 59.3. The van der Waals surface area contributed by atoms with Crippen LogP contribution in [0.2, 0.25) is 0 Å². The molecule has 4 aliphatic rings. The van der Waals surface area contributed by atoms with Crippen LogP contribution in [0.25, 0.3) is 56.0 Å². The summed E-state index contributed by atoms with van der Waals surface area (Å²) in [7, 11) is 9.47. The molecular weight excluding hydrogens is 2720 g/mol. The van der Waals surface area contributed by atoms with Crippen LogP contribution in [-0.4, -0.2) is 52.9 Å². The van der Waals surface area contributed by atoms with Gasteiger partial charge in [0.15, 0.2) is 0 Å². The molecule has 4 aromatic heterocycles. The molecule has 4 fully saturated rings. The third-order valence-electron chi connectivity index (χ3n) is 22.4. The summed E-state index contributed by atoms with van der Waals surface area (Å²) in [5, 5.41) is 9.72. The number of benzene rings is 8. The van der Waals surface area contributed by atoms with E-state index in [1.54, 1.807) is 106 Å². The van der Waals surface area contributed by atoms with Crippen LogP contribution in [0.15, 0.2) is 404 Å². The average molecular weight is 2820 g/mol. The number of hydrogen-bond acceptors (Lipinski definition) is 8. The number of ether oxygens (including phenoxy) is 4. The molecule has 0 aliphatic carbocycles. The zero-order valence-electron chi connectivity index (χ0n) is 78.3. The summed E-state index contributed by atoms with van der Waals surface area (Å²) in [5.74, 6) is 5.24. The van der Waals surface area contributed by atoms with Gasteiger partial charge in [-0.1, -0.05) is 25.3 Å². The number of allylic oxidation sites excluding steroid dienone is 20. The molecule has 8 heterocycles. The fraction of sp³-hybridized carbons (Fsp3) is 0.107. The molecule has 4 saturated heterocycles. The van der Waals surface area contributed by atoms with Crippen molar-refractivity contribution in [3.8, 4) is 61.7 Å². The molecule has 0 radical (unpaired) electrons. The Kier molecular flexibility index (Phi) is 47.5. The van der Waals surface area contributed by atoms with Gasteiger partial charge < -0.3 is 0 Å². The van der Waals surface area contributed by atoms with E-state index in [9.17, 15) is 0 Å². The molecule has 724 valence electrons. The zero-order chi connectivity index (χ0) is 100. The topological polar surface area (TPSA) is 36.9 Å². The van der Waals surface area contributed by atoms with Gasteiger partial charge in [-0.25, -0.2) is 0 Å². The van der Waals surface area contributed by atoms with E-state index in [1.807, 2.05) is 55.5 Å². The van der Waals surface area contributed by atoms with Gasteiger partial charge in [-0.15, -0.1) is 91.5 Å². The first kappa shape index (κ1) is 115. The molecule has 0 spiro atoms. The summed E-state index contributed by atoms with van der Waals surface area (Å²) in [4.78, 5) is 9.30. The maximum absolute atomic E-state index is 6.47. The second-order valence-electron chi connectivity index (χ2n) is 31.7. The monoisotopic (exact) mass is 2830 g/mol. The van der Waals surface area contributed by atoms with Crippen LogP contribution in [0, 0.1) is 91.8 Å². The van der Waals surface area contributed by atoms with E-state index in [-0.39, 0.29) is 28.4 Å². The van der Waals surface area contributed by atoms with E-state index in [0.717, 1.165) is 115 Å². The SMILES string of the molecule is C.C#Cc1ccc(-c2ccc(C#C)s2)s1.C[C-]=C1COCC1=[C-]C(/C=C/c1ccc(/C=C/C([C-]=C2COCC2=[C-]/C=C/c2ccc(-c3ccc(/C=C/C)s3)s2)=C(C)[C]#[Os])cc1)=C([C]#[Os])[P+](c1ccccc1)(c1ccccc1)c1ccccc1.PP(P)P(P)P(P)P.[CH-]=C1COCC1=[C-]C(/C=C/c1ccc(/C=C/C([C-]=C2COCC2=[CH-])=C([C]#[Os])[P+](c2ccccc2)(c2ccccc2)c2ccccc2)cc1)=C(C)[C]#[Os]. The Morgan fingerprint density at radius 1 is 0.357 bits per heavy atom. The first-order valence-corrected chi connectivity index (χ1v) is 70.1. The van der Waals surface area contributed by atoms with Crippen LogP contribution in [-0.2, 0) is 90.7 Å². The standard InChI is InChI=1S/C61H48O2PS2.C47H36O2P.C12H6S2.CH4.4Os.H10P8/c1-6-18-58-35-37-60(65-58)61-38-36-59(66-61)26-17-19-52-42-63-44-54(52)39-50(45(3)4)33-31-47-27-29-48(30-28-47)32-34-51(40-53-43-62-41-49(53)7-2)46(5)64(55-20-11-8-12-21-55,56-22-13-9-14-23-56)57-24-15-10-16-25-57;1-35(2)41(29-43-33-48-31-36(43)3)27-25-39-21-23-40(24-22-39)26-28-42(30-44-34-49-32-37(44)4)38(5)50(45-15-9-6-10-16-45,46-17-11-7-12-18-46)47-19-13-8-14-20-47;1-3-9-5-7-11(13-9)12-8-6-10(4-2)14-12;;;;;;1-6(2)8(5)7(3)4/h6,8-18,20-38H,41-44H2,1-3H3;3-4,6-28H,31-34H2,1H3;1-2,5-8H;1H4;;;;;1-5H2/q2*-3;;;;;;;/b18-6+,26-17+,33-31+,34-32+,50-45?,51-46?;27-25+,28-26+,41-35?,42-38?;;;;;;;. The van der Waals surface area contributed by atoms with Crippen LogP contribution in [0.4, 0.5) is 0 Å². The van der Waals surface area contributed by atoms with Crippen molar-refractivity contribution in [2.45, 2.75) is 35.1 Å². The summed E-state index contributed by atoms with van der Waals surface area (Å²) in [6.07, 6.45) is 57.7. The Bertz CT molecular complexity index is 7050. The van der Waals surface area contributed by atoms with E-state index in [1.165, 1.54) is 61.1 Å². The number of hydrogen-bond donors (Lipinski definition) is 0. The molecule has 8 aromatic carbocycles. The van der Waals surface area contributed by atoms with Gasteiger partial charge in [0.25, 0.3) is 0 Å². The van der Waals surface area contributed by atoms with Crippen molar-refractivity contribution < 1.29 is 90.7 Å². The van der Waals surface area contributed by atoms with Gasteiger partial charge in [0.1, 0.15) is 0 Å². The molecule has 22 heteroatoms. The summed E-state index contributed by atoms with van der Waals surface area (Å²) in [6, 6.07) is 99.1. The molecule has 0 amide bonds. The molecule has 0 saturated carbocycles. The van der Waals surface area contributed by atoms with Crippen molar-refractivity contribution in [1.29, 1.82) is 0 Å². The van der Waals surface area contributed by atoms with E-state index >= 15 is 0 Å². The summed E-state index contributed by atoms with van der Waals surface area (Å²) in [6.45, 7) is 25.0. The van der Waals surface area contributed by atoms with Gasteiger partial charge in [0.2, 0.25) is 0 Å². The third kappa shape index (κ3) is 31.3. The summed E-state index contributed by atoms with van der Waals surface area (Å²) < 4.78 is 37.3. The number of rotatable bonds is 27. The van der Waals surface area contributed by atoms with E-state index in [2.05, 4.69) is 446 Å². The summed E-state index contributed by atoms with van der Waals surface area (Å²) >= 11 is 13.8. The van der Waals surface area contributed by atoms with Gasteiger partial charge in [-0.05, 0) is 70.4 Å². The predicted molar refractivity (Wildman–Crippen MR) is 630 cm³/mol. The van der Waals surface area contributed by atoms with Gasteiger partial charge in [-0.3, -0.25) is 0 Å². The van der Waals surface area contributed by atoms with E-state index < -0.39 is 14.5 Å². The quantitative estimate of drug-likeness (QED) is 0.0223. The van der Waals surface area contributed by atoms with Crippen LogP contribution in [0.3, 0.4) is 0 Å². The minimum atomic E-state index is -2.47. The maximum atomic E-state index is 6.47. The Balaban J connectivity index is 0.000000213. The summed E-state index contributed by atoms with van der Waals surface area (Å²) in [5.41, 5.74) is 17.5. The molecular formula is C121H104O4Os4P10S4-6. The molecule has 4 aliphatic heterocycles. The van der Waals surface area contributed by atoms with Gasteiger partial charge in [0.05, 0.1) is 9.75 Å². The fourth-order valence-electron chi connectivity index (χ4n) is 15.2. The normalized spacial score (nSPS) is 16.3. The Hall–Kier alpha value is -7.19. The van der Waals surface area contributed by atoms with Crippen molar-refractivity contribution in [2.75, 3.05) is 52.9 Å². The Morgan fingerprint density at radius 3 is 0.944 bits per heavy atom. The minimum absolute atomic E-state index is 0. The zero-order valence-corrected chi connectivity index (χ0v) is 102. The van der Waals surface area contributed by atoms with Crippen molar-refractivity contribution in [3.63, 3.8) is 0 Å². The molecule has 16 rings (SSSR count). The Morgan fingerprint density at radius 2 is 0.643 bits per heavy atom. The fourth-order valence-corrected chi connectivity index (χ4v) is 60.0. The Labute approximate surface area is 919 Å².